The molecule has 1 aromatic rings. The number of aromatic nitrogens is 3. The Morgan fingerprint density at radius 1 is 1.09 bits per heavy atom. The van der Waals surface area contributed by atoms with Crippen LogP contribution in [0.4, 0.5) is 11.9 Å². The molecule has 122 valence electrons. The van der Waals surface area contributed by atoms with E-state index in [2.05, 4.69) is 45.5 Å². The molecule has 0 amide bonds. The third-order valence-corrected chi connectivity index (χ3v) is 4.26. The quantitative estimate of drug-likeness (QED) is 0.812. The first-order chi connectivity index (χ1) is 10.5. The third-order valence-electron chi connectivity index (χ3n) is 4.10. The number of morpholine rings is 2. The Morgan fingerprint density at radius 3 is 2.55 bits per heavy atom. The van der Waals surface area contributed by atoms with Crippen molar-refractivity contribution in [3.8, 4) is 0 Å². The average Bonchev–Trinajstić information content (AvgIpc) is 2.46. The van der Waals surface area contributed by atoms with Gasteiger partial charge in [-0.2, -0.15) is 15.0 Å². The van der Waals surface area contributed by atoms with Crippen LogP contribution in [0.15, 0.2) is 0 Å². The molecule has 0 radical (unpaired) electrons. The Balaban J connectivity index is 1.92. The van der Waals surface area contributed by atoms with E-state index in [4.69, 9.17) is 21.1 Å². The Bertz CT molecular complexity index is 542. The van der Waals surface area contributed by atoms with Crippen molar-refractivity contribution in [3.05, 3.63) is 5.28 Å². The number of rotatable bonds is 2. The lowest BCUT2D eigenvalue weighted by atomic mass is 10.0. The highest BCUT2D eigenvalue weighted by Crippen LogP contribution is 2.27. The molecule has 22 heavy (non-hydrogen) atoms. The number of nitrogens with zero attached hydrogens (tertiary/aromatic N) is 5. The number of anilines is 2. The molecule has 2 saturated heterocycles. The summed E-state index contributed by atoms with van der Waals surface area (Å²) in [6.45, 7) is 10.5. The van der Waals surface area contributed by atoms with Crippen LogP contribution >= 0.6 is 11.6 Å². The molecule has 8 heteroatoms. The Labute approximate surface area is 135 Å². The molecule has 2 fully saturated rings. The van der Waals surface area contributed by atoms with Crippen molar-refractivity contribution < 1.29 is 9.47 Å². The average molecular weight is 328 g/mol. The Hall–Kier alpha value is -1.18. The second kappa shape index (κ2) is 6.14. The second-order valence-electron chi connectivity index (χ2n) is 6.34. The molecule has 1 aromatic heterocycles. The molecule has 0 N–H and O–H groups in total. The molecular formula is C14H22ClN5O2. The summed E-state index contributed by atoms with van der Waals surface area (Å²) >= 11 is 6.15. The van der Waals surface area contributed by atoms with Gasteiger partial charge in [-0.3, -0.25) is 0 Å². The monoisotopic (exact) mass is 327 g/mol. The summed E-state index contributed by atoms with van der Waals surface area (Å²) in [5.41, 5.74) is -0.170. The van der Waals surface area contributed by atoms with Gasteiger partial charge in [0.1, 0.15) is 0 Å². The van der Waals surface area contributed by atoms with Crippen LogP contribution in [-0.4, -0.2) is 66.0 Å². The molecule has 1 atom stereocenters. The SMILES string of the molecule is C[C@@H]1COCCN1c1nc(Cl)nc(N2CCOCC2(C)C)n1. The molecule has 2 aliphatic rings. The van der Waals surface area contributed by atoms with Crippen molar-refractivity contribution in [1.82, 2.24) is 15.0 Å². The molecule has 2 aliphatic heterocycles. The fourth-order valence-corrected chi connectivity index (χ4v) is 2.98. The first kappa shape index (κ1) is 15.7. The third kappa shape index (κ3) is 3.11. The van der Waals surface area contributed by atoms with Gasteiger partial charge in [0.25, 0.3) is 0 Å². The van der Waals surface area contributed by atoms with E-state index < -0.39 is 0 Å². The zero-order chi connectivity index (χ0) is 15.7. The molecule has 0 spiro atoms. The molecule has 7 nitrogen and oxygen atoms in total. The summed E-state index contributed by atoms with van der Waals surface area (Å²) in [6.07, 6.45) is 0. The highest BCUT2D eigenvalue weighted by atomic mass is 35.5. The van der Waals surface area contributed by atoms with Crippen LogP contribution in [0.3, 0.4) is 0 Å². The van der Waals surface area contributed by atoms with E-state index in [0.29, 0.717) is 38.3 Å². The largest absolute Gasteiger partial charge is 0.377 e. The fraction of sp³-hybridized carbons (Fsp3) is 0.786. The van der Waals surface area contributed by atoms with Crippen LogP contribution in [0.1, 0.15) is 20.8 Å². The zero-order valence-electron chi connectivity index (χ0n) is 13.3. The molecule has 3 rings (SSSR count). The van der Waals surface area contributed by atoms with Gasteiger partial charge in [-0.15, -0.1) is 0 Å². The normalized spacial score (nSPS) is 25.4. The molecular weight excluding hydrogens is 306 g/mol. The van der Waals surface area contributed by atoms with E-state index in [1.54, 1.807) is 0 Å². The summed E-state index contributed by atoms with van der Waals surface area (Å²) in [4.78, 5) is 17.6. The highest BCUT2D eigenvalue weighted by Gasteiger charge is 2.33. The van der Waals surface area contributed by atoms with Crippen molar-refractivity contribution in [2.75, 3.05) is 49.3 Å². The molecule has 3 heterocycles. The standard InChI is InChI=1S/C14H22ClN5O2/c1-10-8-21-6-4-19(10)12-16-11(15)17-13(18-12)20-5-7-22-9-14(20,2)3/h10H,4-9H2,1-3H3/t10-/m1/s1. The van der Waals surface area contributed by atoms with E-state index >= 15 is 0 Å². The van der Waals surface area contributed by atoms with Crippen LogP contribution < -0.4 is 9.80 Å². The van der Waals surface area contributed by atoms with Gasteiger partial charge in [-0.25, -0.2) is 0 Å². The van der Waals surface area contributed by atoms with Gasteiger partial charge in [0, 0.05) is 13.1 Å². The maximum absolute atomic E-state index is 6.15. The minimum Gasteiger partial charge on any atom is -0.377 e. The van der Waals surface area contributed by atoms with Gasteiger partial charge >= 0.3 is 0 Å². The van der Waals surface area contributed by atoms with Crippen LogP contribution in [0.25, 0.3) is 0 Å². The first-order valence-electron chi connectivity index (χ1n) is 7.59. The van der Waals surface area contributed by atoms with Crippen molar-refractivity contribution in [2.45, 2.75) is 32.4 Å². The predicted octanol–water partition coefficient (Wildman–Crippen LogP) is 1.37. The van der Waals surface area contributed by atoms with Crippen LogP contribution in [0, 0.1) is 0 Å². The maximum Gasteiger partial charge on any atom is 0.232 e. The summed E-state index contributed by atoms with van der Waals surface area (Å²) in [5.74, 6) is 1.23. The lowest BCUT2D eigenvalue weighted by molar-refractivity contribution is 0.0633. The first-order valence-corrected chi connectivity index (χ1v) is 7.96. The van der Waals surface area contributed by atoms with Crippen LogP contribution in [-0.2, 0) is 9.47 Å². The van der Waals surface area contributed by atoms with Gasteiger partial charge in [-0.1, -0.05) is 0 Å². The topological polar surface area (TPSA) is 63.6 Å². The lowest BCUT2D eigenvalue weighted by Crippen LogP contribution is -2.54. The van der Waals surface area contributed by atoms with E-state index in [9.17, 15) is 0 Å². The van der Waals surface area contributed by atoms with Crippen LogP contribution in [0.2, 0.25) is 5.28 Å². The second-order valence-corrected chi connectivity index (χ2v) is 6.68. The summed E-state index contributed by atoms with van der Waals surface area (Å²) in [5, 5.41) is 0.223. The van der Waals surface area contributed by atoms with Crippen molar-refractivity contribution in [2.24, 2.45) is 0 Å². The van der Waals surface area contributed by atoms with Crippen molar-refractivity contribution in [1.29, 1.82) is 0 Å². The van der Waals surface area contributed by atoms with Crippen LogP contribution in [0.5, 0.6) is 0 Å². The summed E-state index contributed by atoms with van der Waals surface area (Å²) in [6, 6.07) is 0.220. The molecule has 0 saturated carbocycles. The minimum atomic E-state index is -0.170. The van der Waals surface area contributed by atoms with Gasteiger partial charge in [0.05, 0.1) is 38.0 Å². The van der Waals surface area contributed by atoms with E-state index in [1.807, 2.05) is 0 Å². The van der Waals surface area contributed by atoms with E-state index in [-0.39, 0.29) is 16.9 Å². The maximum atomic E-state index is 6.15. The van der Waals surface area contributed by atoms with Crippen molar-refractivity contribution in [3.63, 3.8) is 0 Å². The van der Waals surface area contributed by atoms with E-state index in [0.717, 1.165) is 13.1 Å². The zero-order valence-corrected chi connectivity index (χ0v) is 14.0. The van der Waals surface area contributed by atoms with Crippen molar-refractivity contribution >= 4 is 23.5 Å². The molecule has 0 aromatic carbocycles. The Kier molecular flexibility index (Phi) is 4.38. The smallest absolute Gasteiger partial charge is 0.232 e. The predicted molar refractivity (Wildman–Crippen MR) is 84.7 cm³/mol. The van der Waals surface area contributed by atoms with Gasteiger partial charge in [-0.05, 0) is 32.4 Å². The van der Waals surface area contributed by atoms with Gasteiger partial charge in [0.15, 0.2) is 0 Å². The highest BCUT2D eigenvalue weighted by molar-refractivity contribution is 6.28. The number of halogens is 1. The lowest BCUT2D eigenvalue weighted by Gasteiger charge is -2.42. The summed E-state index contributed by atoms with van der Waals surface area (Å²) < 4.78 is 11.0. The molecule has 0 aliphatic carbocycles. The van der Waals surface area contributed by atoms with Gasteiger partial charge in [0.2, 0.25) is 17.2 Å². The van der Waals surface area contributed by atoms with E-state index in [1.165, 1.54) is 0 Å². The molecule has 0 bridgehead atoms. The number of hydrogen-bond donors (Lipinski definition) is 0. The Morgan fingerprint density at radius 2 is 1.82 bits per heavy atom. The minimum absolute atomic E-state index is 0.170. The number of ether oxygens (including phenoxy) is 2. The summed E-state index contributed by atoms with van der Waals surface area (Å²) in [7, 11) is 0. The number of hydrogen-bond acceptors (Lipinski definition) is 7. The molecule has 0 unspecified atom stereocenters. The fourth-order valence-electron chi connectivity index (χ4n) is 2.83. The van der Waals surface area contributed by atoms with Gasteiger partial charge < -0.3 is 19.3 Å².